The number of hydrogen-bond donors (Lipinski definition) is 2. The zero-order valence-electron chi connectivity index (χ0n) is 9.69. The van der Waals surface area contributed by atoms with Gasteiger partial charge in [0.2, 0.25) is 10.0 Å². The summed E-state index contributed by atoms with van der Waals surface area (Å²) in [4.78, 5) is 11.0. The average molecular weight is 324 g/mol. The third-order valence-electron chi connectivity index (χ3n) is 3.13. The summed E-state index contributed by atoms with van der Waals surface area (Å²) < 4.78 is 26.6. The Morgan fingerprint density at radius 2 is 1.95 bits per heavy atom. The van der Waals surface area contributed by atoms with Gasteiger partial charge in [0.15, 0.2) is 0 Å². The molecule has 0 spiro atoms. The molecule has 1 aromatic carbocycles. The number of carboxylic acid groups (broad SMARTS) is 1. The van der Waals surface area contributed by atoms with Crippen molar-refractivity contribution in [1.82, 2.24) is 4.72 Å². The van der Waals surface area contributed by atoms with Crippen LogP contribution in [0.5, 0.6) is 0 Å². The number of rotatable bonds is 4. The maximum atomic E-state index is 12.2. The van der Waals surface area contributed by atoms with Crippen LogP contribution in [-0.2, 0) is 14.8 Å². The van der Waals surface area contributed by atoms with Crippen molar-refractivity contribution >= 4 is 39.2 Å². The fourth-order valence-electron chi connectivity index (χ4n) is 1.90. The summed E-state index contributed by atoms with van der Waals surface area (Å²) in [5.41, 5.74) is -1.41. The van der Waals surface area contributed by atoms with Gasteiger partial charge in [-0.15, -0.1) is 0 Å². The molecule has 1 aliphatic carbocycles. The van der Waals surface area contributed by atoms with Crippen molar-refractivity contribution in [2.75, 3.05) is 0 Å². The number of carboxylic acids is 1. The van der Waals surface area contributed by atoms with Crippen LogP contribution in [0.25, 0.3) is 0 Å². The molecule has 1 aliphatic rings. The molecule has 0 atom stereocenters. The van der Waals surface area contributed by atoms with Crippen molar-refractivity contribution in [3.63, 3.8) is 0 Å². The van der Waals surface area contributed by atoms with Gasteiger partial charge in [-0.3, -0.25) is 4.79 Å². The lowest BCUT2D eigenvalue weighted by atomic mass is 9.78. The van der Waals surface area contributed by atoms with Crippen LogP contribution >= 0.6 is 23.2 Å². The SMILES string of the molecule is O=C(O)C1(NS(=O)(=O)c2ccc(Cl)cc2Cl)CCC1. The molecule has 0 amide bonds. The summed E-state index contributed by atoms with van der Waals surface area (Å²) >= 11 is 11.5. The highest BCUT2D eigenvalue weighted by atomic mass is 35.5. The highest BCUT2D eigenvalue weighted by molar-refractivity contribution is 7.89. The average Bonchev–Trinajstić information content (AvgIpc) is 2.22. The Labute approximate surface area is 120 Å². The van der Waals surface area contributed by atoms with Gasteiger partial charge in [-0.05, 0) is 37.5 Å². The molecule has 104 valence electrons. The molecule has 2 N–H and O–H groups in total. The normalized spacial score (nSPS) is 17.8. The van der Waals surface area contributed by atoms with Crippen molar-refractivity contribution in [2.45, 2.75) is 29.7 Å². The van der Waals surface area contributed by atoms with E-state index in [1.807, 2.05) is 0 Å². The van der Waals surface area contributed by atoms with Crippen LogP contribution in [0.3, 0.4) is 0 Å². The van der Waals surface area contributed by atoms with Gasteiger partial charge in [0.1, 0.15) is 10.4 Å². The van der Waals surface area contributed by atoms with Crippen LogP contribution < -0.4 is 4.72 Å². The van der Waals surface area contributed by atoms with Gasteiger partial charge in [0, 0.05) is 5.02 Å². The fourth-order valence-corrected chi connectivity index (χ4v) is 4.09. The van der Waals surface area contributed by atoms with Crippen LogP contribution in [0.15, 0.2) is 23.1 Å². The molecule has 1 aromatic rings. The molecular weight excluding hydrogens is 313 g/mol. The molecule has 1 saturated carbocycles. The summed E-state index contributed by atoms with van der Waals surface area (Å²) in [6.07, 6.45) is 1.21. The lowest BCUT2D eigenvalue weighted by molar-refractivity contribution is -0.147. The first-order valence-electron chi connectivity index (χ1n) is 5.49. The van der Waals surface area contributed by atoms with Gasteiger partial charge >= 0.3 is 5.97 Å². The molecule has 0 aliphatic heterocycles. The van der Waals surface area contributed by atoms with E-state index in [1.165, 1.54) is 18.2 Å². The minimum atomic E-state index is -3.99. The van der Waals surface area contributed by atoms with Gasteiger partial charge in [0.05, 0.1) is 5.02 Å². The summed E-state index contributed by atoms with van der Waals surface area (Å²) in [5, 5.41) is 9.39. The van der Waals surface area contributed by atoms with Gasteiger partial charge < -0.3 is 5.11 Å². The van der Waals surface area contributed by atoms with Crippen LogP contribution in [0, 0.1) is 0 Å². The molecule has 1 fully saturated rings. The second kappa shape index (κ2) is 4.94. The van der Waals surface area contributed by atoms with Crippen molar-refractivity contribution in [3.8, 4) is 0 Å². The van der Waals surface area contributed by atoms with E-state index in [4.69, 9.17) is 28.3 Å². The Bertz CT molecular complexity index is 626. The second-order valence-electron chi connectivity index (χ2n) is 4.42. The Balaban J connectivity index is 2.35. The second-order valence-corrected chi connectivity index (χ2v) is 6.92. The van der Waals surface area contributed by atoms with E-state index >= 15 is 0 Å². The molecule has 0 radical (unpaired) electrons. The van der Waals surface area contributed by atoms with Crippen LogP contribution in [-0.4, -0.2) is 25.0 Å². The predicted molar refractivity (Wildman–Crippen MR) is 71.0 cm³/mol. The first kappa shape index (κ1) is 14.6. The Morgan fingerprint density at radius 1 is 1.32 bits per heavy atom. The highest BCUT2D eigenvalue weighted by Gasteiger charge is 2.47. The Hall–Kier alpha value is -0.820. The lowest BCUT2D eigenvalue weighted by Crippen LogP contribution is -2.58. The van der Waals surface area contributed by atoms with E-state index in [2.05, 4.69) is 4.72 Å². The van der Waals surface area contributed by atoms with Gasteiger partial charge in [-0.2, -0.15) is 4.72 Å². The predicted octanol–water partition coefficient (Wildman–Crippen LogP) is 2.28. The molecule has 8 heteroatoms. The minimum Gasteiger partial charge on any atom is -0.480 e. The zero-order chi connectivity index (χ0) is 14.3. The van der Waals surface area contributed by atoms with Crippen LogP contribution in [0.2, 0.25) is 10.0 Å². The smallest absolute Gasteiger partial charge is 0.324 e. The van der Waals surface area contributed by atoms with E-state index in [0.717, 1.165) is 0 Å². The number of hydrogen-bond acceptors (Lipinski definition) is 3. The Morgan fingerprint density at radius 3 is 2.37 bits per heavy atom. The molecular formula is C11H11Cl2NO4S. The minimum absolute atomic E-state index is 0.0418. The molecule has 0 aromatic heterocycles. The maximum absolute atomic E-state index is 12.2. The quantitative estimate of drug-likeness (QED) is 0.890. The Kier molecular flexibility index (Phi) is 3.79. The summed E-state index contributed by atoms with van der Waals surface area (Å²) in [5.74, 6) is -1.17. The lowest BCUT2D eigenvalue weighted by Gasteiger charge is -2.37. The van der Waals surface area contributed by atoms with Gasteiger partial charge in [0.25, 0.3) is 0 Å². The van der Waals surface area contributed by atoms with Crippen molar-refractivity contribution in [3.05, 3.63) is 28.2 Å². The topological polar surface area (TPSA) is 83.5 Å². The van der Waals surface area contributed by atoms with E-state index < -0.39 is 21.5 Å². The third kappa shape index (κ3) is 2.72. The van der Waals surface area contributed by atoms with Crippen molar-refractivity contribution in [1.29, 1.82) is 0 Å². The van der Waals surface area contributed by atoms with Crippen molar-refractivity contribution in [2.24, 2.45) is 0 Å². The molecule has 19 heavy (non-hydrogen) atoms. The summed E-state index contributed by atoms with van der Waals surface area (Å²) in [6, 6.07) is 3.93. The molecule has 0 unspecified atom stereocenters. The van der Waals surface area contributed by atoms with Gasteiger partial charge in [-0.1, -0.05) is 23.2 Å². The summed E-state index contributed by atoms with van der Waals surface area (Å²) in [6.45, 7) is 0. The van der Waals surface area contributed by atoms with Crippen molar-refractivity contribution < 1.29 is 18.3 Å². The fraction of sp³-hybridized carbons (Fsp3) is 0.364. The largest absolute Gasteiger partial charge is 0.480 e. The van der Waals surface area contributed by atoms with E-state index in [1.54, 1.807) is 0 Å². The zero-order valence-corrected chi connectivity index (χ0v) is 12.0. The number of benzene rings is 1. The molecule has 0 bridgehead atoms. The molecule has 0 saturated heterocycles. The third-order valence-corrected chi connectivity index (χ3v) is 5.38. The van der Waals surface area contributed by atoms with E-state index in [-0.39, 0.29) is 22.8 Å². The first-order chi connectivity index (χ1) is 8.77. The molecule has 5 nitrogen and oxygen atoms in total. The number of halogens is 2. The molecule has 0 heterocycles. The first-order valence-corrected chi connectivity index (χ1v) is 7.73. The van der Waals surface area contributed by atoms with E-state index in [9.17, 15) is 13.2 Å². The number of nitrogens with one attached hydrogen (secondary N) is 1. The van der Waals surface area contributed by atoms with Crippen LogP contribution in [0.4, 0.5) is 0 Å². The summed E-state index contributed by atoms with van der Waals surface area (Å²) in [7, 11) is -3.99. The van der Waals surface area contributed by atoms with Gasteiger partial charge in [-0.25, -0.2) is 8.42 Å². The highest BCUT2D eigenvalue weighted by Crippen LogP contribution is 2.35. The standard InChI is InChI=1S/C11H11Cl2NO4S/c12-7-2-3-9(8(13)6-7)19(17,18)14-11(10(15)16)4-1-5-11/h2-3,6,14H,1,4-5H2,(H,15,16). The maximum Gasteiger partial charge on any atom is 0.324 e. The van der Waals surface area contributed by atoms with E-state index in [0.29, 0.717) is 11.4 Å². The monoisotopic (exact) mass is 323 g/mol. The van der Waals surface area contributed by atoms with Crippen LogP contribution in [0.1, 0.15) is 19.3 Å². The number of carbonyl (C=O) groups is 1. The number of aliphatic carboxylic acids is 1. The molecule has 2 rings (SSSR count). The number of sulfonamides is 1.